The molecule has 0 heterocycles. The summed E-state index contributed by atoms with van der Waals surface area (Å²) in [7, 11) is 0. The van der Waals surface area contributed by atoms with Gasteiger partial charge < -0.3 is 15.4 Å². The van der Waals surface area contributed by atoms with E-state index in [0.717, 1.165) is 5.56 Å². The van der Waals surface area contributed by atoms with Crippen molar-refractivity contribution in [3.63, 3.8) is 0 Å². The number of ether oxygens (including phenoxy) is 1. The fourth-order valence-electron chi connectivity index (χ4n) is 2.65. The Labute approximate surface area is 163 Å². The lowest BCUT2D eigenvalue weighted by Crippen LogP contribution is -2.40. The summed E-state index contributed by atoms with van der Waals surface area (Å²) in [5.41, 5.74) is 0.687. The van der Waals surface area contributed by atoms with Gasteiger partial charge in [-0.05, 0) is 54.8 Å². The van der Waals surface area contributed by atoms with E-state index in [0.29, 0.717) is 42.5 Å². The van der Waals surface area contributed by atoms with E-state index in [4.69, 9.17) is 16.3 Å². The van der Waals surface area contributed by atoms with Gasteiger partial charge in [-0.15, -0.1) is 6.58 Å². The highest BCUT2D eigenvalue weighted by molar-refractivity contribution is 6.30. The topological polar surface area (TPSA) is 67.4 Å². The summed E-state index contributed by atoms with van der Waals surface area (Å²) >= 11 is 5.86. The quantitative estimate of drug-likeness (QED) is 0.535. The molecule has 0 radical (unpaired) electrons. The molecule has 6 heteroatoms. The predicted molar refractivity (Wildman–Crippen MR) is 106 cm³/mol. The standard InChI is InChI=1S/C21H21ClN2O3/c1-2-13-23-19(25)21(11-12-21)20(26)24-17-7-9-18(10-8-17)27-14-15-3-5-16(22)6-4-15/h2-10H,1,11-14H2,(H,23,25)(H,24,26). The Kier molecular flexibility index (Phi) is 5.81. The maximum atomic E-state index is 12.5. The molecule has 0 bridgehead atoms. The molecule has 1 aliphatic rings. The van der Waals surface area contributed by atoms with Gasteiger partial charge >= 0.3 is 0 Å². The van der Waals surface area contributed by atoms with E-state index >= 15 is 0 Å². The van der Waals surface area contributed by atoms with Crippen molar-refractivity contribution in [2.24, 2.45) is 5.41 Å². The Balaban J connectivity index is 1.54. The number of anilines is 1. The Bertz CT molecular complexity index is 828. The van der Waals surface area contributed by atoms with Crippen molar-refractivity contribution >= 4 is 29.1 Å². The minimum absolute atomic E-state index is 0.247. The van der Waals surface area contributed by atoms with Gasteiger partial charge in [0.2, 0.25) is 11.8 Å². The van der Waals surface area contributed by atoms with Gasteiger partial charge in [0.05, 0.1) is 0 Å². The van der Waals surface area contributed by atoms with Gasteiger partial charge in [-0.3, -0.25) is 9.59 Å². The molecule has 1 fully saturated rings. The molecule has 0 saturated heterocycles. The SMILES string of the molecule is C=CCNC(=O)C1(C(=O)Nc2ccc(OCc3ccc(Cl)cc3)cc2)CC1. The number of carbonyl (C=O) groups is 2. The first kappa shape index (κ1) is 19.0. The second-order valence-electron chi connectivity index (χ2n) is 6.47. The summed E-state index contributed by atoms with van der Waals surface area (Å²) in [5.74, 6) is 0.162. The molecule has 0 spiro atoms. The zero-order chi connectivity index (χ0) is 19.3. The van der Waals surface area contributed by atoms with Crippen LogP contribution in [0.5, 0.6) is 5.75 Å². The third-order valence-electron chi connectivity index (χ3n) is 4.46. The van der Waals surface area contributed by atoms with E-state index in [9.17, 15) is 9.59 Å². The van der Waals surface area contributed by atoms with Crippen LogP contribution in [0, 0.1) is 5.41 Å². The Morgan fingerprint density at radius 3 is 2.33 bits per heavy atom. The number of amides is 2. The molecule has 0 aromatic heterocycles. The highest BCUT2D eigenvalue weighted by Crippen LogP contribution is 2.46. The van der Waals surface area contributed by atoms with Crippen LogP contribution in [-0.2, 0) is 16.2 Å². The maximum absolute atomic E-state index is 12.5. The van der Waals surface area contributed by atoms with Gasteiger partial charge in [0.25, 0.3) is 0 Å². The van der Waals surface area contributed by atoms with Crippen molar-refractivity contribution in [2.45, 2.75) is 19.4 Å². The molecule has 2 aromatic rings. The van der Waals surface area contributed by atoms with Crippen LogP contribution in [0.25, 0.3) is 0 Å². The fourth-order valence-corrected chi connectivity index (χ4v) is 2.77. The third-order valence-corrected chi connectivity index (χ3v) is 4.71. The van der Waals surface area contributed by atoms with Gasteiger partial charge in [0.15, 0.2) is 0 Å². The van der Waals surface area contributed by atoms with Crippen molar-refractivity contribution < 1.29 is 14.3 Å². The molecular formula is C21H21ClN2O3. The molecule has 0 atom stereocenters. The first-order valence-electron chi connectivity index (χ1n) is 8.71. The van der Waals surface area contributed by atoms with Gasteiger partial charge in [-0.2, -0.15) is 0 Å². The molecule has 3 rings (SSSR count). The van der Waals surface area contributed by atoms with Gasteiger partial charge in [0.1, 0.15) is 17.8 Å². The van der Waals surface area contributed by atoms with E-state index in [2.05, 4.69) is 17.2 Å². The molecule has 1 aliphatic carbocycles. The fraction of sp³-hybridized carbons (Fsp3) is 0.238. The first-order chi connectivity index (χ1) is 13.0. The summed E-state index contributed by atoms with van der Waals surface area (Å²) in [4.78, 5) is 24.6. The number of halogens is 1. The van der Waals surface area contributed by atoms with Crippen LogP contribution in [0.4, 0.5) is 5.69 Å². The Morgan fingerprint density at radius 1 is 1.07 bits per heavy atom. The number of nitrogens with one attached hydrogen (secondary N) is 2. The number of hydrogen-bond acceptors (Lipinski definition) is 3. The monoisotopic (exact) mass is 384 g/mol. The van der Waals surface area contributed by atoms with E-state index < -0.39 is 5.41 Å². The second kappa shape index (κ2) is 8.27. The van der Waals surface area contributed by atoms with E-state index in [1.165, 1.54) is 0 Å². The van der Waals surface area contributed by atoms with Crippen LogP contribution in [0.2, 0.25) is 5.02 Å². The van der Waals surface area contributed by atoms with Gasteiger partial charge in [-0.25, -0.2) is 0 Å². The first-order valence-corrected chi connectivity index (χ1v) is 9.09. The van der Waals surface area contributed by atoms with Crippen molar-refractivity contribution in [1.82, 2.24) is 5.32 Å². The third kappa shape index (κ3) is 4.68. The molecule has 5 nitrogen and oxygen atoms in total. The summed E-state index contributed by atoms with van der Waals surface area (Å²) < 4.78 is 5.72. The number of benzene rings is 2. The molecule has 0 aliphatic heterocycles. The van der Waals surface area contributed by atoms with Crippen LogP contribution in [0.3, 0.4) is 0 Å². The Hall–Kier alpha value is -2.79. The highest BCUT2D eigenvalue weighted by Gasteiger charge is 2.56. The highest BCUT2D eigenvalue weighted by atomic mass is 35.5. The Morgan fingerprint density at radius 2 is 1.74 bits per heavy atom. The van der Waals surface area contributed by atoms with Crippen LogP contribution in [-0.4, -0.2) is 18.4 Å². The van der Waals surface area contributed by atoms with Crippen LogP contribution in [0.1, 0.15) is 18.4 Å². The van der Waals surface area contributed by atoms with Gasteiger partial charge in [-0.1, -0.05) is 29.8 Å². The number of hydrogen-bond donors (Lipinski definition) is 2. The predicted octanol–water partition coefficient (Wildman–Crippen LogP) is 3.94. The molecule has 2 aromatic carbocycles. The summed E-state index contributed by atoms with van der Waals surface area (Å²) in [5, 5.41) is 6.20. The molecule has 27 heavy (non-hydrogen) atoms. The van der Waals surface area contributed by atoms with Crippen LogP contribution >= 0.6 is 11.6 Å². The second-order valence-corrected chi connectivity index (χ2v) is 6.91. The number of rotatable bonds is 8. The molecule has 2 amide bonds. The average Bonchev–Trinajstić information content (AvgIpc) is 3.49. The van der Waals surface area contributed by atoms with Crippen LogP contribution in [0.15, 0.2) is 61.2 Å². The zero-order valence-electron chi connectivity index (χ0n) is 14.8. The molecule has 2 N–H and O–H groups in total. The molecule has 140 valence electrons. The van der Waals surface area contributed by atoms with Crippen molar-refractivity contribution in [1.29, 1.82) is 0 Å². The van der Waals surface area contributed by atoms with Crippen LogP contribution < -0.4 is 15.4 Å². The normalized spacial score (nSPS) is 14.1. The minimum Gasteiger partial charge on any atom is -0.489 e. The molecule has 0 unspecified atom stereocenters. The summed E-state index contributed by atoms with van der Waals surface area (Å²) in [6.07, 6.45) is 2.71. The van der Waals surface area contributed by atoms with Crippen molar-refractivity contribution in [3.05, 3.63) is 71.8 Å². The maximum Gasteiger partial charge on any atom is 0.240 e. The number of carbonyl (C=O) groups excluding carboxylic acids is 2. The summed E-state index contributed by atoms with van der Waals surface area (Å²) in [6, 6.07) is 14.5. The van der Waals surface area contributed by atoms with Crippen molar-refractivity contribution in [2.75, 3.05) is 11.9 Å². The van der Waals surface area contributed by atoms with Gasteiger partial charge in [0, 0.05) is 17.3 Å². The minimum atomic E-state index is -0.952. The lowest BCUT2D eigenvalue weighted by atomic mass is 10.1. The average molecular weight is 385 g/mol. The largest absolute Gasteiger partial charge is 0.489 e. The zero-order valence-corrected chi connectivity index (χ0v) is 15.6. The molecule has 1 saturated carbocycles. The molecular weight excluding hydrogens is 364 g/mol. The lowest BCUT2D eigenvalue weighted by molar-refractivity contribution is -0.134. The van der Waals surface area contributed by atoms with E-state index in [-0.39, 0.29) is 11.8 Å². The smallest absolute Gasteiger partial charge is 0.240 e. The van der Waals surface area contributed by atoms with Crippen molar-refractivity contribution in [3.8, 4) is 5.75 Å². The summed E-state index contributed by atoms with van der Waals surface area (Å²) in [6.45, 7) is 4.34. The lowest BCUT2D eigenvalue weighted by Gasteiger charge is -2.15. The van der Waals surface area contributed by atoms with E-state index in [1.54, 1.807) is 30.3 Å². The van der Waals surface area contributed by atoms with E-state index in [1.807, 2.05) is 24.3 Å².